The lowest BCUT2D eigenvalue weighted by Gasteiger charge is -2.05. The fraction of sp³-hybridized carbons (Fsp3) is 0.733. The Hall–Kier alpha value is -0.900. The van der Waals surface area contributed by atoms with Crippen molar-refractivity contribution in [1.29, 1.82) is 0 Å². The molecule has 1 amide bonds. The van der Waals surface area contributed by atoms with E-state index in [4.69, 9.17) is 4.98 Å². The quantitative estimate of drug-likeness (QED) is 0.858. The summed E-state index contributed by atoms with van der Waals surface area (Å²) in [4.78, 5) is 18.1. The number of thiazole rings is 1. The van der Waals surface area contributed by atoms with E-state index in [1.54, 1.807) is 0 Å². The standard InChI is InChI=1S/C15H20N2OS/c18-14(15-8-10(15)9-15)16-7-6-13-17-11-4-2-1-3-5-12(11)19-13/h10H,1-9H2,(H,16,18). The predicted octanol–water partition coefficient (Wildman–Crippen LogP) is 2.48. The predicted molar refractivity (Wildman–Crippen MR) is 75.2 cm³/mol. The van der Waals surface area contributed by atoms with Crippen LogP contribution in [0.25, 0.3) is 0 Å². The molecule has 0 bridgehead atoms. The second-order valence-corrected chi connectivity index (χ2v) is 7.47. The van der Waals surface area contributed by atoms with Gasteiger partial charge in [-0.3, -0.25) is 4.79 Å². The van der Waals surface area contributed by atoms with Crippen molar-refractivity contribution in [2.75, 3.05) is 6.54 Å². The number of fused-ring (bicyclic) bond motifs is 2. The number of hydrogen-bond acceptors (Lipinski definition) is 3. The number of nitrogens with one attached hydrogen (secondary N) is 1. The van der Waals surface area contributed by atoms with E-state index < -0.39 is 0 Å². The summed E-state index contributed by atoms with van der Waals surface area (Å²) < 4.78 is 0. The molecule has 3 nitrogen and oxygen atoms in total. The minimum absolute atomic E-state index is 0.111. The first-order valence-electron chi connectivity index (χ1n) is 7.54. The van der Waals surface area contributed by atoms with Crippen molar-refractivity contribution in [2.45, 2.75) is 51.4 Å². The van der Waals surface area contributed by atoms with Crippen LogP contribution in [0.1, 0.15) is 47.7 Å². The molecule has 0 atom stereocenters. The molecule has 1 heterocycles. The van der Waals surface area contributed by atoms with Gasteiger partial charge in [0.05, 0.1) is 16.1 Å². The maximum atomic E-state index is 11.9. The van der Waals surface area contributed by atoms with Gasteiger partial charge < -0.3 is 5.32 Å². The Kier molecular flexibility index (Phi) is 2.69. The summed E-state index contributed by atoms with van der Waals surface area (Å²) in [5, 5.41) is 4.31. The third kappa shape index (κ3) is 2.10. The van der Waals surface area contributed by atoms with Crippen molar-refractivity contribution in [2.24, 2.45) is 11.3 Å². The van der Waals surface area contributed by atoms with Gasteiger partial charge in [0.25, 0.3) is 0 Å². The van der Waals surface area contributed by atoms with Gasteiger partial charge in [0.2, 0.25) is 5.91 Å². The second kappa shape index (κ2) is 4.30. The van der Waals surface area contributed by atoms with Crippen LogP contribution in [-0.2, 0) is 24.1 Å². The Morgan fingerprint density at radius 3 is 2.89 bits per heavy atom. The summed E-state index contributed by atoms with van der Waals surface area (Å²) in [6.07, 6.45) is 9.51. The molecule has 0 spiro atoms. The van der Waals surface area contributed by atoms with Crippen molar-refractivity contribution in [1.82, 2.24) is 10.3 Å². The van der Waals surface area contributed by atoms with Crippen molar-refractivity contribution in [3.05, 3.63) is 15.6 Å². The smallest absolute Gasteiger partial charge is 0.226 e. The van der Waals surface area contributed by atoms with Gasteiger partial charge in [-0.2, -0.15) is 0 Å². The van der Waals surface area contributed by atoms with Crippen LogP contribution < -0.4 is 5.32 Å². The molecule has 4 heteroatoms. The van der Waals surface area contributed by atoms with Crippen LogP contribution in [0.5, 0.6) is 0 Å². The third-order valence-electron chi connectivity index (χ3n) is 4.90. The van der Waals surface area contributed by atoms with E-state index in [0.717, 1.165) is 38.1 Å². The van der Waals surface area contributed by atoms with Gasteiger partial charge >= 0.3 is 0 Å². The Bertz CT molecular complexity index is 493. The number of rotatable bonds is 4. The van der Waals surface area contributed by atoms with Crippen LogP contribution in [-0.4, -0.2) is 17.4 Å². The summed E-state index contributed by atoms with van der Waals surface area (Å²) in [5.41, 5.74) is 1.45. The van der Waals surface area contributed by atoms with E-state index >= 15 is 0 Å². The van der Waals surface area contributed by atoms with Crippen LogP contribution in [0, 0.1) is 11.3 Å². The van der Waals surface area contributed by atoms with Gasteiger partial charge in [-0.1, -0.05) is 6.42 Å². The fourth-order valence-corrected chi connectivity index (χ4v) is 4.38. The lowest BCUT2D eigenvalue weighted by Crippen LogP contribution is -2.29. The molecule has 102 valence electrons. The highest BCUT2D eigenvalue weighted by molar-refractivity contribution is 7.11. The van der Waals surface area contributed by atoms with Crippen molar-refractivity contribution in [3.63, 3.8) is 0 Å². The van der Waals surface area contributed by atoms with Gasteiger partial charge in [-0.15, -0.1) is 11.3 Å². The Labute approximate surface area is 117 Å². The van der Waals surface area contributed by atoms with Crippen LogP contribution >= 0.6 is 11.3 Å². The van der Waals surface area contributed by atoms with Gasteiger partial charge in [-0.25, -0.2) is 4.98 Å². The highest BCUT2D eigenvalue weighted by atomic mass is 32.1. The molecular formula is C15H20N2OS. The van der Waals surface area contributed by atoms with Gasteiger partial charge in [0.15, 0.2) is 0 Å². The number of carbonyl (C=O) groups excluding carboxylic acids is 1. The van der Waals surface area contributed by atoms with E-state index in [0.29, 0.717) is 5.91 Å². The highest BCUT2D eigenvalue weighted by Crippen LogP contribution is 2.75. The van der Waals surface area contributed by atoms with Crippen LogP contribution in [0.15, 0.2) is 0 Å². The molecule has 0 saturated heterocycles. The van der Waals surface area contributed by atoms with Gasteiger partial charge in [0, 0.05) is 17.8 Å². The number of aryl methyl sites for hydroxylation is 2. The number of hydrogen-bond donors (Lipinski definition) is 1. The topological polar surface area (TPSA) is 42.0 Å². The maximum Gasteiger partial charge on any atom is 0.226 e. The molecule has 0 aromatic carbocycles. The molecule has 1 N–H and O–H groups in total. The first-order chi connectivity index (χ1) is 9.28. The van der Waals surface area contributed by atoms with E-state index in [2.05, 4.69) is 5.32 Å². The van der Waals surface area contributed by atoms with E-state index in [9.17, 15) is 4.79 Å². The van der Waals surface area contributed by atoms with E-state index in [1.165, 1.54) is 41.3 Å². The van der Waals surface area contributed by atoms with Crippen LogP contribution in [0.2, 0.25) is 0 Å². The molecule has 0 aliphatic heterocycles. The first-order valence-corrected chi connectivity index (χ1v) is 8.35. The molecule has 0 radical (unpaired) electrons. The Morgan fingerprint density at radius 2 is 2.11 bits per heavy atom. The summed E-state index contributed by atoms with van der Waals surface area (Å²) in [5.74, 6) is 1.04. The summed E-state index contributed by atoms with van der Waals surface area (Å²) in [6, 6.07) is 0. The average Bonchev–Trinajstić information content (AvgIpc) is 3.22. The molecule has 3 aliphatic rings. The lowest BCUT2D eigenvalue weighted by molar-refractivity contribution is -0.124. The maximum absolute atomic E-state index is 11.9. The van der Waals surface area contributed by atoms with Crippen LogP contribution in [0.3, 0.4) is 0 Å². The number of amides is 1. The lowest BCUT2D eigenvalue weighted by atomic mass is 10.2. The zero-order valence-electron chi connectivity index (χ0n) is 11.2. The first kappa shape index (κ1) is 11.9. The normalized spacial score (nSPS) is 31.1. The number of carbonyl (C=O) groups is 1. The molecule has 0 unspecified atom stereocenters. The molecule has 19 heavy (non-hydrogen) atoms. The summed E-state index contributed by atoms with van der Waals surface area (Å²) >= 11 is 1.87. The Morgan fingerprint density at radius 1 is 1.32 bits per heavy atom. The van der Waals surface area contributed by atoms with E-state index in [-0.39, 0.29) is 5.41 Å². The van der Waals surface area contributed by atoms with E-state index in [1.807, 2.05) is 11.3 Å². The summed E-state index contributed by atoms with van der Waals surface area (Å²) in [6.45, 7) is 0.764. The minimum Gasteiger partial charge on any atom is -0.355 e. The molecule has 1 aromatic heterocycles. The zero-order chi connectivity index (χ0) is 12.9. The van der Waals surface area contributed by atoms with Crippen molar-refractivity contribution in [3.8, 4) is 0 Å². The van der Waals surface area contributed by atoms with Gasteiger partial charge in [0.1, 0.15) is 0 Å². The van der Waals surface area contributed by atoms with Crippen molar-refractivity contribution >= 4 is 17.2 Å². The molecule has 4 rings (SSSR count). The van der Waals surface area contributed by atoms with Gasteiger partial charge in [-0.05, 0) is 44.4 Å². The Balaban J connectivity index is 1.31. The van der Waals surface area contributed by atoms with Crippen LogP contribution in [0.4, 0.5) is 0 Å². The molecular weight excluding hydrogens is 256 g/mol. The number of aromatic nitrogens is 1. The monoisotopic (exact) mass is 276 g/mol. The third-order valence-corrected chi connectivity index (χ3v) is 6.12. The zero-order valence-corrected chi connectivity index (χ0v) is 12.0. The van der Waals surface area contributed by atoms with Crippen molar-refractivity contribution < 1.29 is 4.79 Å². The SMILES string of the molecule is O=C(NCCc1nc2c(s1)CCCCC2)C12CC1C2. The fourth-order valence-electron chi connectivity index (χ4n) is 3.22. The molecule has 2 fully saturated rings. The largest absolute Gasteiger partial charge is 0.355 e. The second-order valence-electron chi connectivity index (χ2n) is 6.31. The minimum atomic E-state index is 0.111. The summed E-state index contributed by atoms with van der Waals surface area (Å²) in [7, 11) is 0. The molecule has 3 aliphatic carbocycles. The molecule has 2 saturated carbocycles. The molecule has 1 aromatic rings. The highest BCUT2D eigenvalue weighted by Gasteiger charge is 2.74. The number of nitrogens with zero attached hydrogens (tertiary/aromatic N) is 1. The average molecular weight is 276 g/mol.